The summed E-state index contributed by atoms with van der Waals surface area (Å²) in [5.41, 5.74) is 0.990. The van der Waals surface area contributed by atoms with Crippen LogP contribution in [0.4, 0.5) is 0 Å². The molecule has 0 spiro atoms. The molecule has 0 aliphatic rings. The van der Waals surface area contributed by atoms with Crippen LogP contribution in [0.25, 0.3) is 5.69 Å². The number of benzene rings is 1. The molecule has 0 aliphatic carbocycles. The molecule has 3 rings (SSSR count). The van der Waals surface area contributed by atoms with Crippen LogP contribution >= 0.6 is 23.6 Å². The van der Waals surface area contributed by atoms with Crippen molar-refractivity contribution >= 4 is 23.6 Å². The summed E-state index contributed by atoms with van der Waals surface area (Å²) < 4.78 is 8.03. The fourth-order valence-electron chi connectivity index (χ4n) is 2.14. The van der Waals surface area contributed by atoms with Gasteiger partial charge in [0.25, 0.3) is 0 Å². The molecule has 0 fully saturated rings. The molecule has 108 valence electrons. The molecule has 0 radical (unpaired) electrons. The van der Waals surface area contributed by atoms with Gasteiger partial charge in [0.05, 0.1) is 6.61 Å². The molecule has 0 bridgehead atoms. The van der Waals surface area contributed by atoms with Crippen molar-refractivity contribution in [3.05, 3.63) is 57.3 Å². The van der Waals surface area contributed by atoms with Gasteiger partial charge in [-0.15, -0.1) is 11.3 Å². The molecular weight excluding hydrogens is 302 g/mol. The van der Waals surface area contributed by atoms with Crippen molar-refractivity contribution in [1.82, 2.24) is 14.8 Å². The smallest absolute Gasteiger partial charge is 0.199 e. The highest BCUT2D eigenvalue weighted by Gasteiger charge is 2.10. The van der Waals surface area contributed by atoms with E-state index in [2.05, 4.69) is 21.6 Å². The summed E-state index contributed by atoms with van der Waals surface area (Å²) in [4.78, 5) is 1.26. The molecule has 0 saturated heterocycles. The molecular formula is C15H15N3OS2. The first-order chi connectivity index (χ1) is 10.3. The van der Waals surface area contributed by atoms with Crippen LogP contribution in [-0.4, -0.2) is 21.4 Å². The fourth-order valence-corrected chi connectivity index (χ4v) is 3.10. The maximum Gasteiger partial charge on any atom is 0.199 e. The quantitative estimate of drug-likeness (QED) is 0.724. The Morgan fingerprint density at radius 2 is 2.10 bits per heavy atom. The van der Waals surface area contributed by atoms with Crippen LogP contribution in [0.5, 0.6) is 5.75 Å². The number of hydrogen-bond donors (Lipinski definition) is 1. The SMILES string of the molecule is CCOc1ccc(-n2c(Cc3cccs3)n[nH]c2=S)cc1. The molecule has 0 aliphatic heterocycles. The predicted molar refractivity (Wildman–Crippen MR) is 87.0 cm³/mol. The fraction of sp³-hybridized carbons (Fsp3) is 0.200. The molecule has 3 aromatic rings. The van der Waals surface area contributed by atoms with Gasteiger partial charge in [0, 0.05) is 17.0 Å². The lowest BCUT2D eigenvalue weighted by Gasteiger charge is -2.08. The molecule has 21 heavy (non-hydrogen) atoms. The number of ether oxygens (including phenoxy) is 1. The van der Waals surface area contributed by atoms with Crippen molar-refractivity contribution in [3.63, 3.8) is 0 Å². The molecule has 6 heteroatoms. The van der Waals surface area contributed by atoms with E-state index in [4.69, 9.17) is 17.0 Å². The Morgan fingerprint density at radius 3 is 2.76 bits per heavy atom. The lowest BCUT2D eigenvalue weighted by molar-refractivity contribution is 0.340. The van der Waals surface area contributed by atoms with Crippen molar-refractivity contribution in [2.45, 2.75) is 13.3 Å². The first kappa shape index (κ1) is 14.0. The highest BCUT2D eigenvalue weighted by Crippen LogP contribution is 2.19. The number of aromatic amines is 1. The molecule has 1 aromatic carbocycles. The number of rotatable bonds is 5. The Labute approximate surface area is 132 Å². The minimum Gasteiger partial charge on any atom is -0.494 e. The second kappa shape index (κ2) is 6.24. The van der Waals surface area contributed by atoms with E-state index >= 15 is 0 Å². The van der Waals surface area contributed by atoms with Crippen molar-refractivity contribution in [2.24, 2.45) is 0 Å². The molecule has 2 heterocycles. The van der Waals surface area contributed by atoms with Gasteiger partial charge < -0.3 is 4.74 Å². The minimum atomic E-state index is 0.603. The van der Waals surface area contributed by atoms with Gasteiger partial charge in [-0.1, -0.05) is 6.07 Å². The third-order valence-electron chi connectivity index (χ3n) is 3.06. The van der Waals surface area contributed by atoms with Crippen molar-refractivity contribution in [1.29, 1.82) is 0 Å². The van der Waals surface area contributed by atoms with Gasteiger partial charge in [0.15, 0.2) is 4.77 Å². The van der Waals surface area contributed by atoms with Crippen LogP contribution in [0, 0.1) is 4.77 Å². The Bertz CT molecular complexity index is 757. The normalized spacial score (nSPS) is 10.7. The van der Waals surface area contributed by atoms with Gasteiger partial charge in [0.1, 0.15) is 11.6 Å². The van der Waals surface area contributed by atoms with Gasteiger partial charge >= 0.3 is 0 Å². The van der Waals surface area contributed by atoms with Crippen LogP contribution in [0.15, 0.2) is 41.8 Å². The summed E-state index contributed by atoms with van der Waals surface area (Å²) >= 11 is 7.07. The number of hydrogen-bond acceptors (Lipinski definition) is 4. The molecule has 0 unspecified atom stereocenters. The van der Waals surface area contributed by atoms with E-state index in [1.807, 2.05) is 41.8 Å². The molecule has 0 amide bonds. The Kier molecular flexibility index (Phi) is 4.17. The summed E-state index contributed by atoms with van der Waals surface area (Å²) in [6.07, 6.45) is 0.762. The van der Waals surface area contributed by atoms with Crippen LogP contribution in [-0.2, 0) is 6.42 Å². The minimum absolute atomic E-state index is 0.603. The molecule has 0 atom stereocenters. The standard InChI is InChI=1S/C15H15N3OS2/c1-2-19-12-7-5-11(6-8-12)18-14(16-17-15(18)20)10-13-4-3-9-21-13/h3-9H,2,10H2,1H3,(H,17,20). The van der Waals surface area contributed by atoms with Crippen molar-refractivity contribution < 1.29 is 4.74 Å². The van der Waals surface area contributed by atoms with Gasteiger partial charge in [-0.2, -0.15) is 5.10 Å². The zero-order valence-corrected chi connectivity index (χ0v) is 13.2. The average molecular weight is 317 g/mol. The zero-order chi connectivity index (χ0) is 14.7. The summed E-state index contributed by atoms with van der Waals surface area (Å²) in [6, 6.07) is 12.0. The summed E-state index contributed by atoms with van der Waals surface area (Å²) in [6.45, 7) is 2.63. The number of thiophene rings is 1. The Balaban J connectivity index is 1.94. The number of nitrogens with zero attached hydrogens (tertiary/aromatic N) is 2. The van der Waals surface area contributed by atoms with E-state index in [0.717, 1.165) is 23.7 Å². The molecule has 2 aromatic heterocycles. The van der Waals surface area contributed by atoms with Gasteiger partial charge in [-0.3, -0.25) is 9.67 Å². The molecule has 1 N–H and O–H groups in total. The lowest BCUT2D eigenvalue weighted by atomic mass is 10.2. The van der Waals surface area contributed by atoms with E-state index in [1.54, 1.807) is 11.3 Å². The first-order valence-corrected chi connectivity index (χ1v) is 7.98. The van der Waals surface area contributed by atoms with Crippen LogP contribution in [0.2, 0.25) is 0 Å². The highest BCUT2D eigenvalue weighted by molar-refractivity contribution is 7.71. The summed E-state index contributed by atoms with van der Waals surface area (Å²) in [7, 11) is 0. The Morgan fingerprint density at radius 1 is 1.29 bits per heavy atom. The van der Waals surface area contributed by atoms with Crippen LogP contribution in [0.1, 0.15) is 17.6 Å². The second-order valence-corrected chi connectivity index (χ2v) is 5.88. The average Bonchev–Trinajstić information content (AvgIpc) is 3.11. The second-order valence-electron chi connectivity index (χ2n) is 4.46. The maximum absolute atomic E-state index is 5.47. The zero-order valence-electron chi connectivity index (χ0n) is 11.6. The first-order valence-electron chi connectivity index (χ1n) is 6.70. The van der Waals surface area contributed by atoms with E-state index < -0.39 is 0 Å². The van der Waals surface area contributed by atoms with E-state index in [1.165, 1.54) is 4.88 Å². The predicted octanol–water partition coefficient (Wildman–Crippen LogP) is 3.98. The molecule has 4 nitrogen and oxygen atoms in total. The van der Waals surface area contributed by atoms with Crippen LogP contribution < -0.4 is 4.74 Å². The van der Waals surface area contributed by atoms with Gasteiger partial charge in [-0.05, 0) is 54.9 Å². The third kappa shape index (κ3) is 3.06. The van der Waals surface area contributed by atoms with Gasteiger partial charge in [-0.25, -0.2) is 0 Å². The number of H-pyrrole nitrogens is 1. The largest absolute Gasteiger partial charge is 0.494 e. The topological polar surface area (TPSA) is 42.8 Å². The van der Waals surface area contributed by atoms with Gasteiger partial charge in [0.2, 0.25) is 0 Å². The molecule has 0 saturated carbocycles. The summed E-state index contributed by atoms with van der Waals surface area (Å²) in [5.74, 6) is 1.77. The number of nitrogens with one attached hydrogen (secondary N) is 1. The van der Waals surface area contributed by atoms with E-state index in [0.29, 0.717) is 11.4 Å². The maximum atomic E-state index is 5.47. The van der Waals surface area contributed by atoms with E-state index in [-0.39, 0.29) is 0 Å². The number of aromatic nitrogens is 3. The monoisotopic (exact) mass is 317 g/mol. The third-order valence-corrected chi connectivity index (χ3v) is 4.21. The summed E-state index contributed by atoms with van der Waals surface area (Å²) in [5, 5.41) is 9.29. The Hall–Kier alpha value is -1.92. The lowest BCUT2D eigenvalue weighted by Crippen LogP contribution is -2.02. The van der Waals surface area contributed by atoms with Crippen LogP contribution in [0.3, 0.4) is 0 Å². The van der Waals surface area contributed by atoms with Crippen molar-refractivity contribution in [3.8, 4) is 11.4 Å². The van der Waals surface area contributed by atoms with Crippen molar-refractivity contribution in [2.75, 3.05) is 6.61 Å². The highest BCUT2D eigenvalue weighted by atomic mass is 32.1. The van der Waals surface area contributed by atoms with E-state index in [9.17, 15) is 0 Å².